The van der Waals surface area contributed by atoms with Gasteiger partial charge < -0.3 is 4.90 Å². The van der Waals surface area contributed by atoms with E-state index in [-0.39, 0.29) is 11.9 Å². The molecule has 1 fully saturated rings. The van der Waals surface area contributed by atoms with Crippen LogP contribution in [0.4, 0.5) is 0 Å². The molecule has 0 bridgehead atoms. The Labute approximate surface area is 143 Å². The molecule has 0 saturated carbocycles. The molecular weight excluding hydrogens is 300 g/mol. The number of benzene rings is 1. The van der Waals surface area contributed by atoms with Crippen molar-refractivity contribution in [1.29, 1.82) is 0 Å². The molecule has 2 heterocycles. The Morgan fingerprint density at radius 1 is 1.42 bits per heavy atom. The van der Waals surface area contributed by atoms with Crippen LogP contribution in [0.3, 0.4) is 0 Å². The van der Waals surface area contributed by atoms with Crippen molar-refractivity contribution in [3.8, 4) is 0 Å². The minimum absolute atomic E-state index is 0.0288. The average Bonchev–Trinajstić information content (AvgIpc) is 3.25. The molecule has 1 aliphatic rings. The van der Waals surface area contributed by atoms with Crippen LogP contribution in [0.15, 0.2) is 36.4 Å². The number of aryl methyl sites for hydroxylation is 1. The third kappa shape index (κ3) is 3.36. The van der Waals surface area contributed by atoms with Crippen LogP contribution in [-0.4, -0.2) is 51.6 Å². The second kappa shape index (κ2) is 7.18. The first-order valence-corrected chi connectivity index (χ1v) is 8.72. The Bertz CT molecular complexity index is 682. The maximum atomic E-state index is 12.7. The van der Waals surface area contributed by atoms with E-state index in [2.05, 4.69) is 46.3 Å². The largest absolute Gasteiger partial charge is 0.333 e. The van der Waals surface area contributed by atoms with Crippen LogP contribution in [0, 0.1) is 6.92 Å². The van der Waals surface area contributed by atoms with E-state index in [1.165, 1.54) is 5.56 Å². The van der Waals surface area contributed by atoms with E-state index >= 15 is 0 Å². The Kier molecular flexibility index (Phi) is 5.00. The van der Waals surface area contributed by atoms with Crippen molar-refractivity contribution in [2.75, 3.05) is 19.6 Å². The monoisotopic (exact) mass is 326 g/mol. The van der Waals surface area contributed by atoms with Crippen LogP contribution < -0.4 is 0 Å². The van der Waals surface area contributed by atoms with Crippen molar-refractivity contribution in [2.45, 2.75) is 39.3 Å². The highest BCUT2D eigenvalue weighted by Gasteiger charge is 2.33. The molecule has 128 valence electrons. The molecule has 1 aromatic heterocycles. The molecule has 0 radical (unpaired) electrons. The molecule has 0 spiro atoms. The molecule has 1 N–H and O–H groups in total. The van der Waals surface area contributed by atoms with Crippen molar-refractivity contribution in [2.24, 2.45) is 0 Å². The summed E-state index contributed by atoms with van der Waals surface area (Å²) in [5.74, 6) is 0.0288. The normalized spacial score (nSPS) is 19.4. The van der Waals surface area contributed by atoms with Gasteiger partial charge in [-0.15, -0.1) is 0 Å². The fourth-order valence-corrected chi connectivity index (χ4v) is 3.56. The second-order valence-electron chi connectivity index (χ2n) is 6.55. The van der Waals surface area contributed by atoms with E-state index < -0.39 is 0 Å². The van der Waals surface area contributed by atoms with Gasteiger partial charge in [0.15, 0.2) is 0 Å². The highest BCUT2D eigenvalue weighted by atomic mass is 16.2. The zero-order valence-corrected chi connectivity index (χ0v) is 14.7. The molecule has 1 saturated heterocycles. The lowest BCUT2D eigenvalue weighted by Crippen LogP contribution is -2.42. The van der Waals surface area contributed by atoms with Crippen LogP contribution in [0.2, 0.25) is 0 Å². The lowest BCUT2D eigenvalue weighted by molar-refractivity contribution is 0.0683. The van der Waals surface area contributed by atoms with Gasteiger partial charge in [0.05, 0.1) is 0 Å². The molecule has 3 rings (SSSR count). The predicted octanol–water partition coefficient (Wildman–Crippen LogP) is 3.02. The van der Waals surface area contributed by atoms with Gasteiger partial charge in [-0.05, 0) is 38.8 Å². The molecule has 0 aliphatic carbocycles. The van der Waals surface area contributed by atoms with Crippen molar-refractivity contribution < 1.29 is 4.79 Å². The summed E-state index contributed by atoms with van der Waals surface area (Å²) in [7, 11) is 0. The number of likely N-dealkylation sites (N-methyl/N-ethyl adjacent to an activating group) is 1. The van der Waals surface area contributed by atoms with Gasteiger partial charge in [0.2, 0.25) is 0 Å². The maximum absolute atomic E-state index is 12.7. The quantitative estimate of drug-likeness (QED) is 0.919. The number of aromatic amines is 1. The number of hydrogen-bond acceptors (Lipinski definition) is 3. The lowest BCUT2D eigenvalue weighted by Gasteiger charge is -2.29. The predicted molar refractivity (Wildman–Crippen MR) is 94.9 cm³/mol. The number of nitrogens with zero attached hydrogens (tertiary/aromatic N) is 3. The number of amides is 1. The van der Waals surface area contributed by atoms with Gasteiger partial charge in [0, 0.05) is 37.4 Å². The molecule has 1 aromatic carbocycles. The van der Waals surface area contributed by atoms with Crippen molar-refractivity contribution in [3.05, 3.63) is 53.3 Å². The Morgan fingerprint density at radius 2 is 2.17 bits per heavy atom. The van der Waals surface area contributed by atoms with Crippen LogP contribution in [0.25, 0.3) is 0 Å². The zero-order chi connectivity index (χ0) is 17.1. The molecule has 2 aromatic rings. The molecule has 24 heavy (non-hydrogen) atoms. The van der Waals surface area contributed by atoms with Gasteiger partial charge >= 0.3 is 0 Å². The molecule has 2 atom stereocenters. The van der Waals surface area contributed by atoms with E-state index in [1.807, 2.05) is 30.9 Å². The van der Waals surface area contributed by atoms with Crippen LogP contribution in [0.5, 0.6) is 0 Å². The van der Waals surface area contributed by atoms with Crippen molar-refractivity contribution in [1.82, 2.24) is 20.0 Å². The van der Waals surface area contributed by atoms with E-state index in [9.17, 15) is 4.79 Å². The van der Waals surface area contributed by atoms with Gasteiger partial charge in [-0.1, -0.05) is 30.3 Å². The van der Waals surface area contributed by atoms with E-state index in [1.54, 1.807) is 0 Å². The molecule has 5 heteroatoms. The first-order chi connectivity index (χ1) is 11.6. The summed E-state index contributed by atoms with van der Waals surface area (Å²) in [5, 5.41) is 6.99. The van der Waals surface area contributed by atoms with E-state index in [0.29, 0.717) is 18.3 Å². The van der Waals surface area contributed by atoms with Gasteiger partial charge in [0.1, 0.15) is 5.69 Å². The van der Waals surface area contributed by atoms with E-state index in [0.717, 1.165) is 25.2 Å². The van der Waals surface area contributed by atoms with Gasteiger partial charge in [-0.3, -0.25) is 14.8 Å². The van der Waals surface area contributed by atoms with Crippen molar-refractivity contribution in [3.63, 3.8) is 0 Å². The molecule has 2 unspecified atom stereocenters. The van der Waals surface area contributed by atoms with Crippen molar-refractivity contribution >= 4 is 5.91 Å². The number of likely N-dealkylation sites (tertiary alicyclic amines) is 1. The number of carbonyl (C=O) groups excluding carboxylic acids is 1. The van der Waals surface area contributed by atoms with Crippen LogP contribution in [-0.2, 0) is 0 Å². The van der Waals surface area contributed by atoms with Crippen LogP contribution in [0.1, 0.15) is 48.1 Å². The number of aromatic nitrogens is 2. The smallest absolute Gasteiger partial charge is 0.274 e. The number of nitrogens with one attached hydrogen (secondary N) is 1. The summed E-state index contributed by atoms with van der Waals surface area (Å²) in [5.41, 5.74) is 2.76. The fraction of sp³-hybridized carbons (Fsp3) is 0.474. The summed E-state index contributed by atoms with van der Waals surface area (Å²) >= 11 is 0. The maximum Gasteiger partial charge on any atom is 0.274 e. The summed E-state index contributed by atoms with van der Waals surface area (Å²) in [6, 6.07) is 13.0. The van der Waals surface area contributed by atoms with Gasteiger partial charge in [-0.25, -0.2) is 0 Å². The fourth-order valence-electron chi connectivity index (χ4n) is 3.56. The SMILES string of the molecule is CCN(C(=O)c1cc(C)[nH]n1)C1CCN(C(C)c2ccccc2)C1. The minimum atomic E-state index is 0.0288. The number of carbonyl (C=O) groups is 1. The highest BCUT2D eigenvalue weighted by molar-refractivity contribution is 5.92. The van der Waals surface area contributed by atoms with E-state index in [4.69, 9.17) is 0 Å². The number of hydrogen-bond donors (Lipinski definition) is 1. The Morgan fingerprint density at radius 3 is 2.79 bits per heavy atom. The summed E-state index contributed by atoms with van der Waals surface area (Å²) in [4.78, 5) is 17.2. The third-order valence-electron chi connectivity index (χ3n) is 4.99. The Balaban J connectivity index is 1.68. The summed E-state index contributed by atoms with van der Waals surface area (Å²) < 4.78 is 0. The Hall–Kier alpha value is -2.14. The molecule has 5 nitrogen and oxygen atoms in total. The van der Waals surface area contributed by atoms with Crippen LogP contribution >= 0.6 is 0 Å². The van der Waals surface area contributed by atoms with Gasteiger partial charge in [0.25, 0.3) is 5.91 Å². The topological polar surface area (TPSA) is 52.2 Å². The number of rotatable bonds is 5. The second-order valence-corrected chi connectivity index (χ2v) is 6.55. The first kappa shape index (κ1) is 16.7. The minimum Gasteiger partial charge on any atom is -0.333 e. The molecule has 1 amide bonds. The summed E-state index contributed by atoms with van der Waals surface area (Å²) in [6.45, 7) is 8.85. The molecular formula is C19H26N4O. The third-order valence-corrected chi connectivity index (χ3v) is 4.99. The zero-order valence-electron chi connectivity index (χ0n) is 14.7. The summed E-state index contributed by atoms with van der Waals surface area (Å²) in [6.07, 6.45) is 1.01. The first-order valence-electron chi connectivity index (χ1n) is 8.72. The highest BCUT2D eigenvalue weighted by Crippen LogP contribution is 2.27. The standard InChI is InChI=1S/C19H26N4O/c1-4-23(19(24)18-12-14(2)20-21-18)17-10-11-22(13-17)15(3)16-8-6-5-7-9-16/h5-9,12,15,17H,4,10-11,13H2,1-3H3,(H,20,21). The average molecular weight is 326 g/mol. The lowest BCUT2D eigenvalue weighted by atomic mass is 10.1. The molecule has 1 aliphatic heterocycles. The van der Waals surface area contributed by atoms with Gasteiger partial charge in [-0.2, -0.15) is 5.10 Å². The number of H-pyrrole nitrogens is 1.